The lowest BCUT2D eigenvalue weighted by molar-refractivity contribution is -0.0975. The van der Waals surface area contributed by atoms with E-state index in [1.54, 1.807) is 6.20 Å². The van der Waals surface area contributed by atoms with Crippen LogP contribution in [0, 0.1) is 5.41 Å². The zero-order valence-electron chi connectivity index (χ0n) is 12.9. The van der Waals surface area contributed by atoms with Crippen LogP contribution in [-0.2, 0) is 4.74 Å². The molecule has 4 heteroatoms. The number of nitrogen functional groups attached to an aromatic ring is 1. The summed E-state index contributed by atoms with van der Waals surface area (Å²) < 4.78 is 5.80. The molecule has 1 heterocycles. The fourth-order valence-corrected chi connectivity index (χ4v) is 3.14. The number of rotatable bonds is 4. The van der Waals surface area contributed by atoms with Gasteiger partial charge >= 0.3 is 0 Å². The average molecular weight is 285 g/mol. The summed E-state index contributed by atoms with van der Waals surface area (Å²) in [6.07, 6.45) is 5.02. The molecule has 0 bridgehead atoms. The fraction of sp³-hybridized carbons (Fsp3) is 0.471. The molecule has 1 aliphatic carbocycles. The third-order valence-corrected chi connectivity index (χ3v) is 4.73. The third kappa shape index (κ3) is 2.33. The van der Waals surface area contributed by atoms with Crippen LogP contribution < -0.4 is 11.1 Å². The first-order valence-corrected chi connectivity index (χ1v) is 7.54. The number of nitrogens with one attached hydrogen (secondary N) is 1. The molecule has 1 fully saturated rings. The van der Waals surface area contributed by atoms with Crippen molar-refractivity contribution in [3.63, 3.8) is 0 Å². The van der Waals surface area contributed by atoms with Crippen molar-refractivity contribution in [3.8, 4) is 0 Å². The van der Waals surface area contributed by atoms with Crippen molar-refractivity contribution in [2.45, 2.75) is 39.3 Å². The smallest absolute Gasteiger partial charge is 0.0665 e. The molecule has 0 radical (unpaired) electrons. The quantitative estimate of drug-likeness (QED) is 0.845. The first-order chi connectivity index (χ1) is 10.0. The fourth-order valence-electron chi connectivity index (χ4n) is 3.14. The molecule has 4 nitrogen and oxygen atoms in total. The van der Waals surface area contributed by atoms with E-state index in [2.05, 4.69) is 31.1 Å². The van der Waals surface area contributed by atoms with Gasteiger partial charge in [0.25, 0.3) is 0 Å². The summed E-state index contributed by atoms with van der Waals surface area (Å²) in [5.74, 6) is 0. The lowest BCUT2D eigenvalue weighted by Gasteiger charge is -2.52. The number of hydrogen-bond acceptors (Lipinski definition) is 4. The highest BCUT2D eigenvalue weighted by Crippen LogP contribution is 2.45. The van der Waals surface area contributed by atoms with Gasteiger partial charge in [0, 0.05) is 52.6 Å². The standard InChI is InChI=1S/C17H23N3O/c1-4-21-16-9-15(17(16,2)3)20-14-6-5-13(18)11-7-8-19-10-12(11)14/h5-8,10,15-16,20H,4,9,18H2,1-3H3. The molecule has 0 spiro atoms. The first kappa shape index (κ1) is 14.1. The van der Waals surface area contributed by atoms with E-state index >= 15 is 0 Å². The molecular formula is C17H23N3O. The van der Waals surface area contributed by atoms with Crippen LogP contribution in [0.4, 0.5) is 11.4 Å². The van der Waals surface area contributed by atoms with Gasteiger partial charge in [-0.15, -0.1) is 0 Å². The van der Waals surface area contributed by atoms with Crippen LogP contribution in [0.15, 0.2) is 30.6 Å². The van der Waals surface area contributed by atoms with Crippen LogP contribution in [0.25, 0.3) is 10.8 Å². The maximum Gasteiger partial charge on any atom is 0.0665 e. The minimum Gasteiger partial charge on any atom is -0.398 e. The van der Waals surface area contributed by atoms with Gasteiger partial charge in [0.05, 0.1) is 6.10 Å². The number of benzene rings is 1. The number of ether oxygens (including phenoxy) is 1. The predicted molar refractivity (Wildman–Crippen MR) is 87.4 cm³/mol. The van der Waals surface area contributed by atoms with E-state index in [1.165, 1.54) is 0 Å². The van der Waals surface area contributed by atoms with Crippen molar-refractivity contribution in [2.75, 3.05) is 17.7 Å². The van der Waals surface area contributed by atoms with Gasteiger partial charge in [-0.2, -0.15) is 0 Å². The van der Waals surface area contributed by atoms with Gasteiger partial charge in [0.2, 0.25) is 0 Å². The molecule has 1 saturated carbocycles. The summed E-state index contributed by atoms with van der Waals surface area (Å²) in [7, 11) is 0. The molecule has 0 aliphatic heterocycles. The van der Waals surface area contributed by atoms with Gasteiger partial charge in [-0.05, 0) is 31.5 Å². The number of anilines is 2. The molecular weight excluding hydrogens is 262 g/mol. The molecule has 3 N–H and O–H groups in total. The molecule has 2 atom stereocenters. The highest BCUT2D eigenvalue weighted by atomic mass is 16.5. The van der Waals surface area contributed by atoms with Crippen LogP contribution >= 0.6 is 0 Å². The van der Waals surface area contributed by atoms with Gasteiger partial charge in [0.15, 0.2) is 0 Å². The molecule has 21 heavy (non-hydrogen) atoms. The Hall–Kier alpha value is -1.81. The predicted octanol–water partition coefficient (Wildman–Crippen LogP) is 3.43. The third-order valence-electron chi connectivity index (χ3n) is 4.73. The van der Waals surface area contributed by atoms with Crippen LogP contribution in [0.2, 0.25) is 0 Å². The van der Waals surface area contributed by atoms with Crippen LogP contribution in [0.3, 0.4) is 0 Å². The second-order valence-corrected chi connectivity index (χ2v) is 6.32. The summed E-state index contributed by atoms with van der Waals surface area (Å²) >= 11 is 0. The van der Waals surface area contributed by atoms with Crippen molar-refractivity contribution in [3.05, 3.63) is 30.6 Å². The lowest BCUT2D eigenvalue weighted by Crippen LogP contribution is -2.58. The Kier molecular flexibility index (Phi) is 3.49. The Labute approximate surface area is 125 Å². The molecule has 112 valence electrons. The SMILES string of the molecule is CCOC1CC(Nc2ccc(N)c3ccncc23)C1(C)C. The molecule has 0 saturated heterocycles. The van der Waals surface area contributed by atoms with Crippen LogP contribution in [-0.4, -0.2) is 23.7 Å². The molecule has 0 amide bonds. The molecule has 1 aromatic carbocycles. The summed E-state index contributed by atoms with van der Waals surface area (Å²) in [5.41, 5.74) is 8.06. The van der Waals surface area contributed by atoms with Gasteiger partial charge in [0.1, 0.15) is 0 Å². The summed E-state index contributed by atoms with van der Waals surface area (Å²) in [6.45, 7) is 7.34. The minimum absolute atomic E-state index is 0.131. The number of aromatic nitrogens is 1. The number of hydrogen-bond donors (Lipinski definition) is 2. The Morgan fingerprint density at radius 1 is 1.33 bits per heavy atom. The van der Waals surface area contributed by atoms with Crippen LogP contribution in [0.5, 0.6) is 0 Å². The van der Waals surface area contributed by atoms with E-state index in [0.717, 1.165) is 35.2 Å². The monoisotopic (exact) mass is 285 g/mol. The maximum atomic E-state index is 6.04. The van der Waals surface area contributed by atoms with E-state index in [4.69, 9.17) is 10.5 Å². The van der Waals surface area contributed by atoms with Gasteiger partial charge < -0.3 is 15.8 Å². The Morgan fingerprint density at radius 2 is 2.14 bits per heavy atom. The average Bonchev–Trinajstić information content (AvgIpc) is 2.49. The van der Waals surface area contributed by atoms with Crippen LogP contribution in [0.1, 0.15) is 27.2 Å². The van der Waals surface area contributed by atoms with Crippen molar-refractivity contribution in [1.82, 2.24) is 4.98 Å². The lowest BCUT2D eigenvalue weighted by atomic mass is 9.64. The Morgan fingerprint density at radius 3 is 2.86 bits per heavy atom. The van der Waals surface area contributed by atoms with E-state index in [1.807, 2.05) is 24.4 Å². The molecule has 2 unspecified atom stereocenters. The molecule has 3 rings (SSSR count). The number of nitrogens with zero attached hydrogens (tertiary/aromatic N) is 1. The number of fused-ring (bicyclic) bond motifs is 1. The zero-order chi connectivity index (χ0) is 15.0. The Balaban J connectivity index is 1.85. The van der Waals surface area contributed by atoms with E-state index in [0.29, 0.717) is 12.1 Å². The minimum atomic E-state index is 0.131. The summed E-state index contributed by atoms with van der Waals surface area (Å²) in [5, 5.41) is 5.78. The highest BCUT2D eigenvalue weighted by molar-refractivity contribution is 6.00. The first-order valence-electron chi connectivity index (χ1n) is 7.54. The molecule has 1 aliphatic rings. The van der Waals surface area contributed by atoms with Crippen molar-refractivity contribution in [1.29, 1.82) is 0 Å². The van der Waals surface area contributed by atoms with E-state index < -0.39 is 0 Å². The van der Waals surface area contributed by atoms with E-state index in [-0.39, 0.29) is 5.41 Å². The zero-order valence-corrected chi connectivity index (χ0v) is 12.9. The highest BCUT2D eigenvalue weighted by Gasteiger charge is 2.48. The molecule has 1 aromatic heterocycles. The summed E-state index contributed by atoms with van der Waals surface area (Å²) in [6, 6.07) is 6.37. The Bertz CT molecular complexity index is 654. The largest absolute Gasteiger partial charge is 0.398 e. The van der Waals surface area contributed by atoms with Gasteiger partial charge in [-0.1, -0.05) is 13.8 Å². The van der Waals surface area contributed by atoms with E-state index in [9.17, 15) is 0 Å². The van der Waals surface area contributed by atoms with Crippen molar-refractivity contribution in [2.24, 2.45) is 5.41 Å². The van der Waals surface area contributed by atoms with Gasteiger partial charge in [-0.3, -0.25) is 4.98 Å². The summed E-state index contributed by atoms with van der Waals surface area (Å²) in [4.78, 5) is 4.23. The number of nitrogens with two attached hydrogens (primary N) is 1. The van der Waals surface area contributed by atoms with Gasteiger partial charge in [-0.25, -0.2) is 0 Å². The second-order valence-electron chi connectivity index (χ2n) is 6.32. The molecule has 2 aromatic rings. The second kappa shape index (κ2) is 5.19. The normalized spacial score (nSPS) is 23.8. The number of pyridine rings is 1. The maximum absolute atomic E-state index is 6.04. The van der Waals surface area contributed by atoms with Crippen molar-refractivity contribution >= 4 is 22.1 Å². The van der Waals surface area contributed by atoms with Crippen molar-refractivity contribution < 1.29 is 4.74 Å². The topological polar surface area (TPSA) is 60.2 Å².